The van der Waals surface area contributed by atoms with Crippen molar-refractivity contribution in [3.05, 3.63) is 51.8 Å². The number of aryl methyl sites for hydroxylation is 1. The van der Waals surface area contributed by atoms with Gasteiger partial charge in [0.15, 0.2) is 5.54 Å². The topological polar surface area (TPSA) is 67.7 Å². The smallest absolute Gasteiger partial charge is 0.378 e. The molecule has 1 aromatic carbocycles. The largest absolute Gasteiger partial charge is 0.413 e. The Bertz CT molecular complexity index is 1050. The Balaban J connectivity index is 1.88. The lowest BCUT2D eigenvalue weighted by atomic mass is 9.98. The molecule has 3 heterocycles. The Kier molecular flexibility index (Phi) is 4.84. The number of hydrogen-bond acceptors (Lipinski definition) is 5. The van der Waals surface area contributed by atoms with Gasteiger partial charge in [0, 0.05) is 24.7 Å². The third-order valence-corrected chi connectivity index (χ3v) is 5.66. The molecule has 1 saturated heterocycles. The van der Waals surface area contributed by atoms with Crippen LogP contribution in [0.25, 0.3) is 0 Å². The summed E-state index contributed by atoms with van der Waals surface area (Å²) in [5.74, 6) is -0.897. The van der Waals surface area contributed by atoms with Crippen molar-refractivity contribution in [3.8, 4) is 0 Å². The van der Waals surface area contributed by atoms with Crippen molar-refractivity contribution in [2.45, 2.75) is 32.1 Å². The second kappa shape index (κ2) is 7.12. The Hall–Kier alpha value is -2.88. The van der Waals surface area contributed by atoms with E-state index in [0.29, 0.717) is 36.8 Å². The zero-order valence-corrected chi connectivity index (χ0v) is 16.6. The van der Waals surface area contributed by atoms with Crippen LogP contribution in [0.1, 0.15) is 22.8 Å². The van der Waals surface area contributed by atoms with Crippen LogP contribution < -0.4 is 15.4 Å². The quantitative estimate of drug-likeness (QED) is 0.744. The van der Waals surface area contributed by atoms with Crippen molar-refractivity contribution in [2.75, 3.05) is 36.1 Å². The fourth-order valence-electron chi connectivity index (χ4n) is 3.82. The highest BCUT2D eigenvalue weighted by molar-refractivity contribution is 6.07. The van der Waals surface area contributed by atoms with Crippen LogP contribution in [0.5, 0.6) is 0 Å². The van der Waals surface area contributed by atoms with Crippen molar-refractivity contribution in [2.24, 2.45) is 0 Å². The average molecular weight is 422 g/mol. The minimum absolute atomic E-state index is 0.132. The van der Waals surface area contributed by atoms with Gasteiger partial charge in [0.2, 0.25) is 5.95 Å². The van der Waals surface area contributed by atoms with Crippen LogP contribution in [0.2, 0.25) is 0 Å². The molecule has 0 saturated carbocycles. The molecule has 1 unspecified atom stereocenters. The van der Waals surface area contributed by atoms with E-state index in [0.717, 1.165) is 11.5 Å². The predicted molar refractivity (Wildman–Crippen MR) is 104 cm³/mol. The summed E-state index contributed by atoms with van der Waals surface area (Å²) in [5, 5.41) is 0. The number of rotatable bonds is 2. The predicted octanol–water partition coefficient (Wildman–Crippen LogP) is 2.37. The molecule has 0 N–H and O–H groups in total. The molecule has 2 aliphatic heterocycles. The number of ether oxygens (including phenoxy) is 1. The lowest BCUT2D eigenvalue weighted by Gasteiger charge is -2.35. The van der Waals surface area contributed by atoms with Crippen LogP contribution in [0.3, 0.4) is 0 Å². The van der Waals surface area contributed by atoms with E-state index in [1.165, 1.54) is 12.1 Å². The number of benzene rings is 1. The lowest BCUT2D eigenvalue weighted by Crippen LogP contribution is -2.58. The molecule has 160 valence electrons. The summed E-state index contributed by atoms with van der Waals surface area (Å²) in [7, 11) is 0. The Morgan fingerprint density at radius 1 is 1.20 bits per heavy atom. The highest BCUT2D eigenvalue weighted by atomic mass is 19.4. The van der Waals surface area contributed by atoms with Gasteiger partial charge >= 0.3 is 6.18 Å². The maximum Gasteiger partial charge on any atom is 0.413 e. The number of carbonyl (C=O) groups excluding carboxylic acids is 1. The average Bonchev–Trinajstić information content (AvgIpc) is 3.02. The van der Waals surface area contributed by atoms with Gasteiger partial charge in [0.25, 0.3) is 11.5 Å². The molecule has 0 aliphatic carbocycles. The maximum atomic E-state index is 14.2. The van der Waals surface area contributed by atoms with E-state index in [4.69, 9.17) is 4.74 Å². The summed E-state index contributed by atoms with van der Waals surface area (Å²) in [5.41, 5.74) is -2.56. The summed E-state index contributed by atoms with van der Waals surface area (Å²) >= 11 is 0. The zero-order valence-electron chi connectivity index (χ0n) is 16.6. The highest BCUT2D eigenvalue weighted by Gasteiger charge is 2.62. The van der Waals surface area contributed by atoms with Crippen LogP contribution in [0.15, 0.2) is 35.1 Å². The standard InChI is InChI=1S/C20H21F3N4O3/c1-13-5-3-4-6-14(13)17(29)27-18-24-15(25-7-9-30-10-8-25)11-16(28)26(18)12-19(27,2)20(21,22)23/h3-6,11H,7-10,12H2,1-2H3. The molecule has 2 aliphatic rings. The summed E-state index contributed by atoms with van der Waals surface area (Å²) in [4.78, 5) is 32.8. The zero-order chi connectivity index (χ0) is 21.7. The van der Waals surface area contributed by atoms with Gasteiger partial charge in [0.1, 0.15) is 5.82 Å². The first kappa shape index (κ1) is 20.4. The first-order valence-electron chi connectivity index (χ1n) is 9.55. The molecule has 2 aromatic rings. The van der Waals surface area contributed by atoms with E-state index in [9.17, 15) is 22.8 Å². The van der Waals surface area contributed by atoms with Crippen LogP contribution in [-0.4, -0.2) is 53.5 Å². The number of anilines is 2. The van der Waals surface area contributed by atoms with E-state index in [1.54, 1.807) is 30.0 Å². The van der Waals surface area contributed by atoms with E-state index in [2.05, 4.69) is 4.98 Å². The molecular formula is C20H21F3N4O3. The first-order chi connectivity index (χ1) is 14.1. The number of morpholine rings is 1. The molecule has 1 fully saturated rings. The molecule has 10 heteroatoms. The number of fused-ring (bicyclic) bond motifs is 1. The molecular weight excluding hydrogens is 401 g/mol. The third-order valence-electron chi connectivity index (χ3n) is 5.66. The van der Waals surface area contributed by atoms with Gasteiger partial charge in [-0.2, -0.15) is 18.2 Å². The van der Waals surface area contributed by atoms with Crippen LogP contribution in [0, 0.1) is 6.92 Å². The summed E-state index contributed by atoms with van der Waals surface area (Å²) in [6, 6.07) is 7.63. The molecule has 1 amide bonds. The Morgan fingerprint density at radius 3 is 2.50 bits per heavy atom. The van der Waals surface area contributed by atoms with E-state index in [-0.39, 0.29) is 17.3 Å². The molecule has 0 spiro atoms. The second-order valence-electron chi connectivity index (χ2n) is 7.67. The monoisotopic (exact) mass is 422 g/mol. The Morgan fingerprint density at radius 2 is 1.87 bits per heavy atom. The SMILES string of the molecule is Cc1ccccc1C(=O)N1c2nc(N3CCOCC3)cc(=O)n2CC1(C)C(F)(F)F. The summed E-state index contributed by atoms with van der Waals surface area (Å²) < 4.78 is 48.7. The first-order valence-corrected chi connectivity index (χ1v) is 9.55. The number of amides is 1. The third kappa shape index (κ3) is 3.15. The van der Waals surface area contributed by atoms with E-state index >= 15 is 0 Å². The molecule has 0 bridgehead atoms. The van der Waals surface area contributed by atoms with Gasteiger partial charge in [-0.3, -0.25) is 19.1 Å². The normalized spacial score (nSPS) is 21.6. The summed E-state index contributed by atoms with van der Waals surface area (Å²) in [6.45, 7) is 3.62. The molecule has 1 aromatic heterocycles. The number of halogens is 3. The van der Waals surface area contributed by atoms with E-state index < -0.39 is 29.7 Å². The van der Waals surface area contributed by atoms with Gasteiger partial charge in [-0.25, -0.2) is 0 Å². The van der Waals surface area contributed by atoms with Crippen molar-refractivity contribution in [3.63, 3.8) is 0 Å². The number of nitrogens with zero attached hydrogens (tertiary/aromatic N) is 4. The fourth-order valence-corrected chi connectivity index (χ4v) is 3.82. The number of carbonyl (C=O) groups is 1. The lowest BCUT2D eigenvalue weighted by molar-refractivity contribution is -0.180. The molecule has 7 nitrogen and oxygen atoms in total. The minimum Gasteiger partial charge on any atom is -0.378 e. The Labute approximate surface area is 170 Å². The highest BCUT2D eigenvalue weighted by Crippen LogP contribution is 2.44. The van der Waals surface area contributed by atoms with Crippen LogP contribution in [0.4, 0.5) is 24.9 Å². The van der Waals surface area contributed by atoms with Crippen LogP contribution >= 0.6 is 0 Å². The number of alkyl halides is 3. The summed E-state index contributed by atoms with van der Waals surface area (Å²) in [6.07, 6.45) is -4.77. The second-order valence-corrected chi connectivity index (χ2v) is 7.67. The van der Waals surface area contributed by atoms with Gasteiger partial charge in [0.05, 0.1) is 19.8 Å². The van der Waals surface area contributed by atoms with Crippen molar-refractivity contribution >= 4 is 17.7 Å². The van der Waals surface area contributed by atoms with Crippen molar-refractivity contribution in [1.29, 1.82) is 0 Å². The van der Waals surface area contributed by atoms with Crippen molar-refractivity contribution in [1.82, 2.24) is 9.55 Å². The number of hydrogen-bond donors (Lipinski definition) is 0. The van der Waals surface area contributed by atoms with E-state index in [1.807, 2.05) is 0 Å². The molecule has 30 heavy (non-hydrogen) atoms. The molecule has 1 atom stereocenters. The van der Waals surface area contributed by atoms with Crippen LogP contribution in [-0.2, 0) is 11.3 Å². The minimum atomic E-state index is -4.77. The van der Waals surface area contributed by atoms with Gasteiger partial charge < -0.3 is 9.64 Å². The molecule has 4 rings (SSSR count). The fraction of sp³-hybridized carbons (Fsp3) is 0.450. The molecule has 0 radical (unpaired) electrons. The van der Waals surface area contributed by atoms with Gasteiger partial charge in [-0.15, -0.1) is 0 Å². The number of aromatic nitrogens is 2. The van der Waals surface area contributed by atoms with Crippen molar-refractivity contribution < 1.29 is 22.7 Å². The van der Waals surface area contributed by atoms with Gasteiger partial charge in [-0.1, -0.05) is 18.2 Å². The van der Waals surface area contributed by atoms with Gasteiger partial charge in [-0.05, 0) is 25.5 Å². The maximum absolute atomic E-state index is 14.2.